The van der Waals surface area contributed by atoms with Crippen LogP contribution in [0.15, 0.2) is 24.3 Å². The lowest BCUT2D eigenvalue weighted by Crippen LogP contribution is -2.18. The number of ether oxygens (including phenoxy) is 2. The largest absolute Gasteiger partial charge is 0.462 e. The number of carbonyl (C=O) groups is 1. The maximum absolute atomic E-state index is 12.9. The third-order valence-corrected chi connectivity index (χ3v) is 5.40. The molecule has 0 aliphatic carbocycles. The molecule has 28 heavy (non-hydrogen) atoms. The molecular weight excluding hydrogens is 356 g/mol. The Balaban J connectivity index is 1.81. The molecule has 1 aliphatic rings. The Kier molecular flexibility index (Phi) is 5.17. The third-order valence-electron chi connectivity index (χ3n) is 5.40. The van der Waals surface area contributed by atoms with E-state index in [1.54, 1.807) is 0 Å². The summed E-state index contributed by atoms with van der Waals surface area (Å²) < 4.78 is 13.2. The van der Waals surface area contributed by atoms with Gasteiger partial charge in [0.15, 0.2) is 5.65 Å². The van der Waals surface area contributed by atoms with Gasteiger partial charge in [0.25, 0.3) is 0 Å². The predicted molar refractivity (Wildman–Crippen MR) is 108 cm³/mol. The first-order valence-corrected chi connectivity index (χ1v) is 9.91. The zero-order chi connectivity index (χ0) is 19.7. The maximum atomic E-state index is 12.9. The van der Waals surface area contributed by atoms with Crippen LogP contribution in [0.25, 0.3) is 22.2 Å². The highest BCUT2D eigenvalue weighted by atomic mass is 16.5. The monoisotopic (exact) mass is 382 g/mol. The molecule has 0 amide bonds. The molecule has 0 saturated carbocycles. The van der Waals surface area contributed by atoms with Gasteiger partial charge in [-0.1, -0.05) is 32.4 Å². The Labute approximate surface area is 163 Å². The summed E-state index contributed by atoms with van der Waals surface area (Å²) in [4.78, 5) is 22.3. The van der Waals surface area contributed by atoms with Crippen molar-refractivity contribution in [3.8, 4) is 0 Å². The zero-order valence-electron chi connectivity index (χ0n) is 16.4. The number of esters is 1. The van der Waals surface area contributed by atoms with E-state index in [4.69, 9.17) is 25.2 Å². The van der Waals surface area contributed by atoms with E-state index in [1.807, 2.05) is 35.8 Å². The second-order valence-electron chi connectivity index (χ2n) is 7.50. The summed E-state index contributed by atoms with van der Waals surface area (Å²) in [6, 6.07) is 7.60. The molecule has 148 valence electrons. The number of nitrogens with two attached hydrogens (primary N) is 1. The zero-order valence-corrected chi connectivity index (χ0v) is 16.4. The Hall–Kier alpha value is -2.67. The minimum Gasteiger partial charge on any atom is -0.462 e. The number of hydrogen-bond donors (Lipinski definition) is 1. The van der Waals surface area contributed by atoms with E-state index in [-0.39, 0.29) is 12.0 Å². The van der Waals surface area contributed by atoms with E-state index in [1.165, 1.54) is 0 Å². The first-order valence-electron chi connectivity index (χ1n) is 9.91. The second kappa shape index (κ2) is 7.75. The lowest BCUT2D eigenvalue weighted by molar-refractivity contribution is 0.0450. The van der Waals surface area contributed by atoms with E-state index in [0.29, 0.717) is 35.7 Å². The van der Waals surface area contributed by atoms with Crippen LogP contribution in [-0.2, 0) is 16.0 Å². The molecule has 2 aromatic heterocycles. The molecule has 0 unspecified atom stereocenters. The van der Waals surface area contributed by atoms with Crippen molar-refractivity contribution in [1.82, 2.24) is 14.5 Å². The van der Waals surface area contributed by atoms with Gasteiger partial charge in [-0.2, -0.15) is 0 Å². The molecule has 0 radical (unpaired) electrons. The smallest absolute Gasteiger partial charge is 0.344 e. The van der Waals surface area contributed by atoms with Crippen LogP contribution >= 0.6 is 0 Å². The topological polar surface area (TPSA) is 92.3 Å². The van der Waals surface area contributed by atoms with Crippen molar-refractivity contribution in [1.29, 1.82) is 0 Å². The van der Waals surface area contributed by atoms with Crippen LogP contribution in [0.4, 0.5) is 5.82 Å². The van der Waals surface area contributed by atoms with Crippen LogP contribution in [0.5, 0.6) is 0 Å². The molecule has 3 heterocycles. The van der Waals surface area contributed by atoms with Gasteiger partial charge in [-0.25, -0.2) is 14.8 Å². The fourth-order valence-electron chi connectivity index (χ4n) is 3.50. The summed E-state index contributed by atoms with van der Waals surface area (Å²) in [6.45, 7) is 5.77. The van der Waals surface area contributed by atoms with Gasteiger partial charge in [0.05, 0.1) is 30.3 Å². The fourth-order valence-corrected chi connectivity index (χ4v) is 3.50. The Morgan fingerprint density at radius 2 is 2.11 bits per heavy atom. The minimum atomic E-state index is -0.446. The summed E-state index contributed by atoms with van der Waals surface area (Å²) in [6.07, 6.45) is 3.00. The SMILES string of the molecule is CC[C@H](C)COC(=O)c1c(N)n(C[C@H]2CCCO2)c2nc3ccccc3nc12. The molecule has 0 bridgehead atoms. The second-order valence-corrected chi connectivity index (χ2v) is 7.50. The first-order chi connectivity index (χ1) is 13.6. The molecular formula is C21H26N4O3. The van der Waals surface area contributed by atoms with Gasteiger partial charge in [-0.05, 0) is 30.9 Å². The van der Waals surface area contributed by atoms with E-state index < -0.39 is 5.97 Å². The van der Waals surface area contributed by atoms with E-state index in [0.717, 1.165) is 36.9 Å². The number of nitrogens with zero attached hydrogens (tertiary/aromatic N) is 3. The molecule has 7 nitrogen and oxygen atoms in total. The first kappa shape index (κ1) is 18.7. The van der Waals surface area contributed by atoms with Gasteiger partial charge in [0, 0.05) is 6.61 Å². The van der Waals surface area contributed by atoms with E-state index in [9.17, 15) is 4.79 Å². The molecule has 2 N–H and O–H groups in total. The summed E-state index contributed by atoms with van der Waals surface area (Å²) in [5, 5.41) is 0. The summed E-state index contributed by atoms with van der Waals surface area (Å²) in [5.74, 6) is 0.186. The van der Waals surface area contributed by atoms with Crippen LogP contribution in [0.1, 0.15) is 43.5 Å². The summed E-state index contributed by atoms with van der Waals surface area (Å²) in [5.41, 5.74) is 9.30. The highest BCUT2D eigenvalue weighted by Crippen LogP contribution is 2.30. The molecule has 1 aliphatic heterocycles. The highest BCUT2D eigenvalue weighted by molar-refractivity contribution is 6.08. The van der Waals surface area contributed by atoms with Crippen LogP contribution in [0.3, 0.4) is 0 Å². The normalized spacial score (nSPS) is 18.0. The molecule has 1 aromatic carbocycles. The van der Waals surface area contributed by atoms with E-state index >= 15 is 0 Å². The number of nitrogen functional groups attached to an aromatic ring is 1. The molecule has 3 aromatic rings. The average molecular weight is 382 g/mol. The van der Waals surface area contributed by atoms with Crippen molar-refractivity contribution >= 4 is 34.0 Å². The Morgan fingerprint density at radius 1 is 1.36 bits per heavy atom. The molecule has 1 fully saturated rings. The number of fused-ring (bicyclic) bond motifs is 2. The van der Waals surface area contributed by atoms with Crippen molar-refractivity contribution in [3.63, 3.8) is 0 Å². The third kappa shape index (κ3) is 3.42. The van der Waals surface area contributed by atoms with Crippen LogP contribution in [0.2, 0.25) is 0 Å². The van der Waals surface area contributed by atoms with Crippen molar-refractivity contribution in [3.05, 3.63) is 29.8 Å². The Bertz CT molecular complexity index is 1010. The van der Waals surface area contributed by atoms with Gasteiger partial charge in [-0.3, -0.25) is 0 Å². The molecule has 2 atom stereocenters. The molecule has 4 rings (SSSR count). The number of aromatic nitrogens is 3. The summed E-state index contributed by atoms with van der Waals surface area (Å²) >= 11 is 0. The molecule has 1 saturated heterocycles. The fraction of sp³-hybridized carbons (Fsp3) is 0.476. The number of para-hydroxylation sites is 2. The lowest BCUT2D eigenvalue weighted by Gasteiger charge is -2.13. The molecule has 0 spiro atoms. The van der Waals surface area contributed by atoms with Gasteiger partial charge in [0.2, 0.25) is 0 Å². The quantitative estimate of drug-likeness (QED) is 0.656. The highest BCUT2D eigenvalue weighted by Gasteiger charge is 2.27. The van der Waals surface area contributed by atoms with Crippen molar-refractivity contribution in [2.45, 2.75) is 45.8 Å². The maximum Gasteiger partial charge on any atom is 0.344 e. The van der Waals surface area contributed by atoms with Gasteiger partial charge in [0.1, 0.15) is 16.9 Å². The van der Waals surface area contributed by atoms with Crippen LogP contribution < -0.4 is 5.73 Å². The van der Waals surface area contributed by atoms with Crippen LogP contribution in [-0.4, -0.2) is 39.8 Å². The number of hydrogen-bond acceptors (Lipinski definition) is 6. The van der Waals surface area contributed by atoms with Crippen LogP contribution in [0, 0.1) is 5.92 Å². The van der Waals surface area contributed by atoms with E-state index in [2.05, 4.69) is 6.92 Å². The van der Waals surface area contributed by atoms with Gasteiger partial charge < -0.3 is 19.8 Å². The number of carbonyl (C=O) groups excluding carboxylic acids is 1. The Morgan fingerprint density at radius 3 is 2.79 bits per heavy atom. The standard InChI is InChI=1S/C21H26N4O3/c1-3-13(2)12-28-21(26)17-18-20(24-16-9-5-4-8-15(16)23-18)25(19(17)22)11-14-7-6-10-27-14/h4-5,8-9,13-14H,3,6-7,10-12,22H2,1-2H3/t13-,14+/m0/s1. The predicted octanol–water partition coefficient (Wildman–Crippen LogP) is 3.55. The number of rotatable bonds is 6. The number of benzene rings is 1. The number of anilines is 1. The van der Waals surface area contributed by atoms with Crippen molar-refractivity contribution in [2.24, 2.45) is 5.92 Å². The van der Waals surface area contributed by atoms with Crippen molar-refractivity contribution in [2.75, 3.05) is 18.9 Å². The minimum absolute atomic E-state index is 0.0650. The molecule has 7 heteroatoms. The van der Waals surface area contributed by atoms with Gasteiger partial charge >= 0.3 is 5.97 Å². The van der Waals surface area contributed by atoms with Gasteiger partial charge in [-0.15, -0.1) is 0 Å². The lowest BCUT2D eigenvalue weighted by atomic mass is 10.1. The average Bonchev–Trinajstić information content (AvgIpc) is 3.31. The van der Waals surface area contributed by atoms with Crippen molar-refractivity contribution < 1.29 is 14.3 Å². The summed E-state index contributed by atoms with van der Waals surface area (Å²) in [7, 11) is 0.